The van der Waals surface area contributed by atoms with Crippen LogP contribution in [0.5, 0.6) is 5.75 Å². The number of aliphatic hydroxyl groups is 1. The molecule has 1 rings (SSSR count). The average molecular weight is 268 g/mol. The van der Waals surface area contributed by atoms with Crippen molar-refractivity contribution in [3.8, 4) is 5.75 Å². The highest BCUT2D eigenvalue weighted by Crippen LogP contribution is 2.28. The molecule has 0 fully saturated rings. The Morgan fingerprint density at radius 1 is 1.58 bits per heavy atom. The summed E-state index contributed by atoms with van der Waals surface area (Å²) in [5.74, 6) is -0.489. The SMILES string of the molecule is CCOc1cccc([N+](=O)[O-])c1C(=O)NC[C@H](C)O. The molecule has 0 saturated heterocycles. The zero-order valence-electron chi connectivity index (χ0n) is 10.8. The van der Waals surface area contributed by atoms with Gasteiger partial charge in [0.05, 0.1) is 17.6 Å². The lowest BCUT2D eigenvalue weighted by molar-refractivity contribution is -0.385. The Morgan fingerprint density at radius 2 is 2.26 bits per heavy atom. The van der Waals surface area contributed by atoms with Crippen molar-refractivity contribution in [1.29, 1.82) is 0 Å². The Labute approximate surface area is 110 Å². The maximum Gasteiger partial charge on any atom is 0.285 e. The van der Waals surface area contributed by atoms with Crippen molar-refractivity contribution in [2.24, 2.45) is 0 Å². The van der Waals surface area contributed by atoms with Crippen molar-refractivity contribution >= 4 is 11.6 Å². The van der Waals surface area contributed by atoms with Gasteiger partial charge in [-0.25, -0.2) is 0 Å². The van der Waals surface area contributed by atoms with E-state index in [1.807, 2.05) is 0 Å². The van der Waals surface area contributed by atoms with Crippen LogP contribution in [0.3, 0.4) is 0 Å². The third-order valence-electron chi connectivity index (χ3n) is 2.29. The van der Waals surface area contributed by atoms with Crippen molar-refractivity contribution in [2.45, 2.75) is 20.0 Å². The minimum absolute atomic E-state index is 0.0104. The van der Waals surface area contributed by atoms with Crippen LogP contribution in [0, 0.1) is 10.1 Å². The van der Waals surface area contributed by atoms with E-state index in [9.17, 15) is 14.9 Å². The van der Waals surface area contributed by atoms with Crippen LogP contribution in [0.1, 0.15) is 24.2 Å². The lowest BCUT2D eigenvalue weighted by Gasteiger charge is -2.11. The Kier molecular flexibility index (Phi) is 5.25. The molecule has 0 aliphatic heterocycles. The lowest BCUT2D eigenvalue weighted by atomic mass is 10.1. The Morgan fingerprint density at radius 3 is 2.79 bits per heavy atom. The molecular weight excluding hydrogens is 252 g/mol. The second-order valence-electron chi connectivity index (χ2n) is 3.90. The van der Waals surface area contributed by atoms with Crippen molar-refractivity contribution in [1.82, 2.24) is 5.32 Å². The van der Waals surface area contributed by atoms with Crippen molar-refractivity contribution in [2.75, 3.05) is 13.2 Å². The van der Waals surface area contributed by atoms with Crippen LogP contribution in [0.4, 0.5) is 5.69 Å². The van der Waals surface area contributed by atoms with E-state index in [1.165, 1.54) is 25.1 Å². The number of benzene rings is 1. The van der Waals surface area contributed by atoms with Gasteiger partial charge in [-0.2, -0.15) is 0 Å². The van der Waals surface area contributed by atoms with E-state index >= 15 is 0 Å². The van der Waals surface area contributed by atoms with E-state index in [0.717, 1.165) is 0 Å². The summed E-state index contributed by atoms with van der Waals surface area (Å²) in [6, 6.07) is 4.18. The predicted molar refractivity (Wildman–Crippen MR) is 68.3 cm³/mol. The molecule has 1 atom stereocenters. The molecule has 1 amide bonds. The summed E-state index contributed by atoms with van der Waals surface area (Å²) >= 11 is 0. The number of rotatable bonds is 6. The van der Waals surface area contributed by atoms with Crippen LogP contribution >= 0.6 is 0 Å². The van der Waals surface area contributed by atoms with E-state index in [-0.39, 0.29) is 30.2 Å². The minimum atomic E-state index is -0.734. The quantitative estimate of drug-likeness (QED) is 0.594. The number of nitrogens with zero attached hydrogens (tertiary/aromatic N) is 1. The van der Waals surface area contributed by atoms with Gasteiger partial charge in [0.1, 0.15) is 5.75 Å². The molecule has 1 aromatic carbocycles. The second-order valence-corrected chi connectivity index (χ2v) is 3.90. The first-order chi connectivity index (χ1) is 8.97. The van der Waals surface area contributed by atoms with E-state index < -0.39 is 16.9 Å². The third kappa shape index (κ3) is 3.92. The summed E-state index contributed by atoms with van der Waals surface area (Å²) in [7, 11) is 0. The molecule has 0 heterocycles. The molecule has 104 valence electrons. The summed E-state index contributed by atoms with van der Waals surface area (Å²) in [5.41, 5.74) is -0.455. The molecule has 0 unspecified atom stereocenters. The number of hydrogen-bond donors (Lipinski definition) is 2. The van der Waals surface area contributed by atoms with E-state index in [4.69, 9.17) is 9.84 Å². The number of hydrogen-bond acceptors (Lipinski definition) is 5. The number of carbonyl (C=O) groups is 1. The Bertz CT molecular complexity index is 473. The van der Waals surface area contributed by atoms with Gasteiger partial charge in [-0.3, -0.25) is 14.9 Å². The monoisotopic (exact) mass is 268 g/mol. The van der Waals surface area contributed by atoms with Crippen LogP contribution in [0.25, 0.3) is 0 Å². The van der Waals surface area contributed by atoms with Crippen molar-refractivity contribution < 1.29 is 19.6 Å². The molecule has 19 heavy (non-hydrogen) atoms. The number of nitro groups is 1. The molecule has 2 N–H and O–H groups in total. The standard InChI is InChI=1S/C12H16N2O5/c1-3-19-10-6-4-5-9(14(17)18)11(10)12(16)13-7-8(2)15/h4-6,8,15H,3,7H2,1-2H3,(H,13,16)/t8-/m0/s1. The van der Waals surface area contributed by atoms with Crippen LogP contribution in [0.2, 0.25) is 0 Å². The lowest BCUT2D eigenvalue weighted by Crippen LogP contribution is -2.31. The molecule has 0 aliphatic carbocycles. The number of nitrogens with one attached hydrogen (secondary N) is 1. The molecule has 0 spiro atoms. The largest absolute Gasteiger partial charge is 0.493 e. The van der Waals surface area contributed by atoms with Crippen LogP contribution < -0.4 is 10.1 Å². The van der Waals surface area contributed by atoms with Crippen LogP contribution in [0.15, 0.2) is 18.2 Å². The zero-order chi connectivity index (χ0) is 14.4. The third-order valence-corrected chi connectivity index (χ3v) is 2.29. The first-order valence-electron chi connectivity index (χ1n) is 5.83. The predicted octanol–water partition coefficient (Wildman–Crippen LogP) is 1.10. The summed E-state index contributed by atoms with van der Waals surface area (Å²) < 4.78 is 5.23. The molecule has 0 bridgehead atoms. The molecule has 1 aromatic rings. The van der Waals surface area contributed by atoms with E-state index in [0.29, 0.717) is 0 Å². The van der Waals surface area contributed by atoms with Gasteiger partial charge in [0.15, 0.2) is 5.56 Å². The number of aliphatic hydroxyl groups excluding tert-OH is 1. The first-order valence-corrected chi connectivity index (χ1v) is 5.83. The highest BCUT2D eigenvalue weighted by atomic mass is 16.6. The fourth-order valence-corrected chi connectivity index (χ4v) is 1.50. The second kappa shape index (κ2) is 6.69. The van der Waals surface area contributed by atoms with Crippen LogP contribution in [-0.2, 0) is 0 Å². The fraction of sp³-hybridized carbons (Fsp3) is 0.417. The molecule has 7 heteroatoms. The number of ether oxygens (including phenoxy) is 1. The highest BCUT2D eigenvalue weighted by Gasteiger charge is 2.24. The number of carbonyl (C=O) groups excluding carboxylic acids is 1. The van der Waals surface area contributed by atoms with Gasteiger partial charge in [-0.1, -0.05) is 6.07 Å². The molecule has 7 nitrogen and oxygen atoms in total. The van der Waals surface area contributed by atoms with Crippen molar-refractivity contribution in [3.63, 3.8) is 0 Å². The highest BCUT2D eigenvalue weighted by molar-refractivity contribution is 6.00. The maximum absolute atomic E-state index is 12.0. The van der Waals surface area contributed by atoms with Crippen molar-refractivity contribution in [3.05, 3.63) is 33.9 Å². The van der Waals surface area contributed by atoms with Gasteiger partial charge in [0, 0.05) is 12.6 Å². The summed E-state index contributed by atoms with van der Waals surface area (Å²) in [4.78, 5) is 22.3. The normalized spacial score (nSPS) is 11.7. The average Bonchev–Trinajstić information content (AvgIpc) is 2.36. The van der Waals surface area contributed by atoms with Gasteiger partial charge >= 0.3 is 0 Å². The molecular formula is C12H16N2O5. The maximum atomic E-state index is 12.0. The van der Waals surface area contributed by atoms with Gasteiger partial charge in [-0.05, 0) is 19.9 Å². The van der Waals surface area contributed by atoms with E-state index in [2.05, 4.69) is 5.32 Å². The first kappa shape index (κ1) is 14.9. The topological polar surface area (TPSA) is 102 Å². The van der Waals surface area contributed by atoms with Gasteiger partial charge in [0.2, 0.25) is 0 Å². The minimum Gasteiger partial charge on any atom is -0.493 e. The summed E-state index contributed by atoms with van der Waals surface area (Å²) in [6.07, 6.45) is -0.734. The Hall–Kier alpha value is -2.15. The van der Waals surface area contributed by atoms with Gasteiger partial charge < -0.3 is 15.2 Å². The molecule has 0 radical (unpaired) electrons. The molecule has 0 aromatic heterocycles. The summed E-state index contributed by atoms with van der Waals surface area (Å²) in [5, 5.41) is 22.5. The number of amides is 1. The van der Waals surface area contributed by atoms with Gasteiger partial charge in [-0.15, -0.1) is 0 Å². The Balaban J connectivity index is 3.13. The fourth-order valence-electron chi connectivity index (χ4n) is 1.50. The number of nitro benzene ring substituents is 1. The molecule has 0 aliphatic rings. The smallest absolute Gasteiger partial charge is 0.285 e. The zero-order valence-corrected chi connectivity index (χ0v) is 10.8. The van der Waals surface area contributed by atoms with Gasteiger partial charge in [0.25, 0.3) is 11.6 Å². The summed E-state index contributed by atoms with van der Waals surface area (Å²) in [6.45, 7) is 3.52. The van der Waals surface area contributed by atoms with E-state index in [1.54, 1.807) is 6.92 Å². The molecule has 0 saturated carbocycles. The van der Waals surface area contributed by atoms with Crippen LogP contribution in [-0.4, -0.2) is 35.2 Å².